The lowest BCUT2D eigenvalue weighted by molar-refractivity contribution is -0.116. The second kappa shape index (κ2) is 8.31. The summed E-state index contributed by atoms with van der Waals surface area (Å²) in [6.45, 7) is 1.79. The SMILES string of the molecule is Cc1c(-c2ccccc2)sc2ncn(CC(=O)Nc3ccc(CC#N)cc3)c(=O)c12. The van der Waals surface area contributed by atoms with Crippen molar-refractivity contribution in [3.8, 4) is 16.5 Å². The Hall–Kier alpha value is -3.76. The molecule has 0 bridgehead atoms. The summed E-state index contributed by atoms with van der Waals surface area (Å²) in [5.74, 6) is -0.317. The molecule has 7 heteroatoms. The highest BCUT2D eigenvalue weighted by molar-refractivity contribution is 7.22. The molecule has 0 radical (unpaired) electrons. The summed E-state index contributed by atoms with van der Waals surface area (Å²) < 4.78 is 1.33. The second-order valence-corrected chi connectivity index (χ2v) is 7.86. The van der Waals surface area contributed by atoms with Gasteiger partial charge in [0, 0.05) is 10.6 Å². The van der Waals surface area contributed by atoms with E-state index in [9.17, 15) is 9.59 Å². The molecule has 0 saturated carbocycles. The van der Waals surface area contributed by atoms with E-state index in [0.29, 0.717) is 22.3 Å². The van der Waals surface area contributed by atoms with Gasteiger partial charge in [-0.2, -0.15) is 5.26 Å². The highest BCUT2D eigenvalue weighted by atomic mass is 32.1. The highest BCUT2D eigenvalue weighted by Gasteiger charge is 2.16. The van der Waals surface area contributed by atoms with Gasteiger partial charge in [0.05, 0.1) is 24.2 Å². The number of thiophene rings is 1. The number of hydrogen-bond donors (Lipinski definition) is 1. The minimum atomic E-state index is -0.317. The Bertz CT molecular complexity index is 1320. The minimum absolute atomic E-state index is 0.127. The average molecular weight is 414 g/mol. The molecule has 0 aliphatic rings. The van der Waals surface area contributed by atoms with E-state index in [-0.39, 0.29) is 18.0 Å². The lowest BCUT2D eigenvalue weighted by atomic mass is 10.1. The molecular weight excluding hydrogens is 396 g/mol. The number of carbonyl (C=O) groups excluding carboxylic acids is 1. The third-order valence-electron chi connectivity index (χ3n) is 4.79. The monoisotopic (exact) mass is 414 g/mol. The van der Waals surface area contributed by atoms with Gasteiger partial charge in [0.2, 0.25) is 5.91 Å². The fraction of sp³-hybridized carbons (Fsp3) is 0.130. The average Bonchev–Trinajstić information content (AvgIpc) is 3.09. The third-order valence-corrected chi connectivity index (χ3v) is 6.04. The van der Waals surface area contributed by atoms with E-state index in [1.54, 1.807) is 24.3 Å². The molecular formula is C23H18N4O2S. The van der Waals surface area contributed by atoms with Crippen molar-refractivity contribution >= 4 is 33.1 Å². The van der Waals surface area contributed by atoms with Crippen molar-refractivity contribution in [2.45, 2.75) is 19.9 Å². The minimum Gasteiger partial charge on any atom is -0.325 e. The molecule has 148 valence electrons. The smallest absolute Gasteiger partial charge is 0.262 e. The predicted octanol–water partition coefficient (Wildman–Crippen LogP) is 4.14. The van der Waals surface area contributed by atoms with Crippen LogP contribution >= 0.6 is 11.3 Å². The van der Waals surface area contributed by atoms with E-state index in [0.717, 1.165) is 21.6 Å². The summed E-state index contributed by atoms with van der Waals surface area (Å²) in [7, 11) is 0. The Kier molecular flexibility index (Phi) is 5.42. The number of fused-ring (bicyclic) bond motifs is 1. The van der Waals surface area contributed by atoms with Crippen molar-refractivity contribution < 1.29 is 4.79 Å². The van der Waals surface area contributed by atoms with Crippen LogP contribution in [0.3, 0.4) is 0 Å². The molecule has 30 heavy (non-hydrogen) atoms. The zero-order chi connectivity index (χ0) is 21.1. The second-order valence-electron chi connectivity index (χ2n) is 6.86. The molecule has 0 aliphatic heterocycles. The number of nitrogens with one attached hydrogen (secondary N) is 1. The Balaban J connectivity index is 1.58. The van der Waals surface area contributed by atoms with Gasteiger partial charge in [-0.3, -0.25) is 14.2 Å². The Labute approximate surface area is 177 Å². The van der Waals surface area contributed by atoms with Crippen LogP contribution in [-0.4, -0.2) is 15.5 Å². The molecule has 0 spiro atoms. The summed E-state index contributed by atoms with van der Waals surface area (Å²) >= 11 is 1.48. The molecule has 4 rings (SSSR count). The van der Waals surface area contributed by atoms with Crippen molar-refractivity contribution in [1.29, 1.82) is 5.26 Å². The summed E-state index contributed by atoms with van der Waals surface area (Å²) in [6.07, 6.45) is 1.74. The number of benzene rings is 2. The van der Waals surface area contributed by atoms with Gasteiger partial charge in [-0.1, -0.05) is 42.5 Å². The number of aryl methyl sites for hydroxylation is 1. The maximum atomic E-state index is 13.0. The normalized spacial score (nSPS) is 10.7. The molecule has 6 nitrogen and oxygen atoms in total. The number of amides is 1. The fourth-order valence-electron chi connectivity index (χ4n) is 3.29. The maximum Gasteiger partial charge on any atom is 0.262 e. The van der Waals surface area contributed by atoms with Gasteiger partial charge in [-0.05, 0) is 35.7 Å². The number of anilines is 1. The van der Waals surface area contributed by atoms with Crippen LogP contribution in [0.15, 0.2) is 65.7 Å². The van der Waals surface area contributed by atoms with Crippen LogP contribution < -0.4 is 10.9 Å². The Morgan fingerprint density at radius 1 is 1.17 bits per heavy atom. The molecule has 0 fully saturated rings. The summed E-state index contributed by atoms with van der Waals surface area (Å²) in [5.41, 5.74) is 3.18. The Morgan fingerprint density at radius 3 is 2.60 bits per heavy atom. The number of carbonyl (C=O) groups is 1. The molecule has 0 unspecified atom stereocenters. The van der Waals surface area contributed by atoms with Crippen LogP contribution in [0.5, 0.6) is 0 Å². The molecule has 2 aromatic heterocycles. The van der Waals surface area contributed by atoms with E-state index in [1.165, 1.54) is 22.2 Å². The van der Waals surface area contributed by atoms with Crippen LogP contribution in [0.4, 0.5) is 5.69 Å². The zero-order valence-corrected chi connectivity index (χ0v) is 17.1. The summed E-state index contributed by atoms with van der Waals surface area (Å²) in [5, 5.41) is 12.1. The molecule has 0 atom stereocenters. The highest BCUT2D eigenvalue weighted by Crippen LogP contribution is 2.35. The first-order valence-corrected chi connectivity index (χ1v) is 10.2. The zero-order valence-electron chi connectivity index (χ0n) is 16.3. The van der Waals surface area contributed by atoms with Crippen molar-refractivity contribution in [2.24, 2.45) is 0 Å². The van der Waals surface area contributed by atoms with E-state index in [4.69, 9.17) is 5.26 Å². The van der Waals surface area contributed by atoms with Crippen LogP contribution in [0.1, 0.15) is 11.1 Å². The van der Waals surface area contributed by atoms with Crippen molar-refractivity contribution in [2.75, 3.05) is 5.32 Å². The van der Waals surface area contributed by atoms with E-state index in [1.807, 2.05) is 37.3 Å². The van der Waals surface area contributed by atoms with Crippen molar-refractivity contribution in [3.05, 3.63) is 82.4 Å². The molecule has 2 heterocycles. The molecule has 0 aliphatic carbocycles. The predicted molar refractivity (Wildman–Crippen MR) is 118 cm³/mol. The van der Waals surface area contributed by atoms with Crippen LogP contribution in [0.25, 0.3) is 20.7 Å². The van der Waals surface area contributed by atoms with E-state index < -0.39 is 0 Å². The summed E-state index contributed by atoms with van der Waals surface area (Å²) in [4.78, 5) is 31.6. The number of nitrogens with zero attached hydrogens (tertiary/aromatic N) is 3. The van der Waals surface area contributed by atoms with Gasteiger partial charge < -0.3 is 5.32 Å². The van der Waals surface area contributed by atoms with Crippen LogP contribution in [-0.2, 0) is 17.8 Å². The Morgan fingerprint density at radius 2 is 1.90 bits per heavy atom. The number of hydrogen-bond acceptors (Lipinski definition) is 5. The van der Waals surface area contributed by atoms with Gasteiger partial charge >= 0.3 is 0 Å². The van der Waals surface area contributed by atoms with E-state index in [2.05, 4.69) is 16.4 Å². The van der Waals surface area contributed by atoms with Gasteiger partial charge in [-0.15, -0.1) is 11.3 Å². The fourth-order valence-corrected chi connectivity index (χ4v) is 4.43. The first-order valence-electron chi connectivity index (χ1n) is 9.36. The van der Waals surface area contributed by atoms with Crippen LogP contribution in [0, 0.1) is 18.3 Å². The molecule has 1 amide bonds. The van der Waals surface area contributed by atoms with E-state index >= 15 is 0 Å². The quantitative estimate of drug-likeness (QED) is 0.532. The molecule has 0 saturated heterocycles. The topological polar surface area (TPSA) is 87.8 Å². The van der Waals surface area contributed by atoms with Crippen LogP contribution in [0.2, 0.25) is 0 Å². The first-order chi connectivity index (χ1) is 14.6. The van der Waals surface area contributed by atoms with Crippen molar-refractivity contribution in [1.82, 2.24) is 9.55 Å². The summed E-state index contributed by atoms with van der Waals surface area (Å²) in [6, 6.07) is 19.0. The van der Waals surface area contributed by atoms with Gasteiger partial charge in [0.1, 0.15) is 11.4 Å². The number of aromatic nitrogens is 2. The third kappa shape index (κ3) is 3.86. The van der Waals surface area contributed by atoms with Gasteiger partial charge in [0.25, 0.3) is 5.56 Å². The standard InChI is InChI=1S/C23H18N4O2S/c1-15-20-22(30-21(15)17-5-3-2-4-6-17)25-14-27(23(20)29)13-19(28)26-18-9-7-16(8-10-18)11-12-24/h2-10,14H,11,13H2,1H3,(H,26,28). The van der Waals surface area contributed by atoms with Crippen molar-refractivity contribution in [3.63, 3.8) is 0 Å². The van der Waals surface area contributed by atoms with Gasteiger partial charge in [-0.25, -0.2) is 4.98 Å². The largest absolute Gasteiger partial charge is 0.325 e. The molecule has 4 aromatic rings. The first kappa shape index (κ1) is 19.6. The number of nitriles is 1. The maximum absolute atomic E-state index is 13.0. The lowest BCUT2D eigenvalue weighted by Gasteiger charge is -2.08. The molecule has 1 N–H and O–H groups in total. The molecule has 2 aromatic carbocycles. The lowest BCUT2D eigenvalue weighted by Crippen LogP contribution is -2.27. The number of rotatable bonds is 5. The van der Waals surface area contributed by atoms with Gasteiger partial charge in [0.15, 0.2) is 0 Å².